The van der Waals surface area contributed by atoms with Crippen molar-refractivity contribution in [2.75, 3.05) is 13.7 Å². The third-order valence-electron chi connectivity index (χ3n) is 1.92. The Morgan fingerprint density at radius 1 is 1.37 bits per heavy atom. The van der Waals surface area contributed by atoms with Gasteiger partial charge in [-0.15, -0.1) is 11.3 Å². The van der Waals surface area contributed by atoms with Gasteiger partial charge in [0.05, 0.1) is 7.11 Å². The summed E-state index contributed by atoms with van der Waals surface area (Å²) in [5.41, 5.74) is 0. The highest BCUT2D eigenvalue weighted by Crippen LogP contribution is 2.03. The number of hydrogen-bond donors (Lipinski definition) is 1. The Bertz CT molecular complexity index is 307. The zero-order valence-electron chi connectivity index (χ0n) is 12.5. The second-order valence-electron chi connectivity index (χ2n) is 3.28. The lowest BCUT2D eigenvalue weighted by molar-refractivity contribution is -0.118. The van der Waals surface area contributed by atoms with Gasteiger partial charge in [0.2, 0.25) is 0 Å². The van der Waals surface area contributed by atoms with E-state index in [4.69, 9.17) is 0 Å². The molecule has 1 N–H and O–H groups in total. The van der Waals surface area contributed by atoms with Gasteiger partial charge < -0.3 is 10.1 Å². The molecule has 1 aromatic rings. The summed E-state index contributed by atoms with van der Waals surface area (Å²) in [6, 6.07) is 4.16. The topological polar surface area (TPSA) is 55.4 Å². The molecule has 4 nitrogen and oxygen atoms in total. The van der Waals surface area contributed by atoms with Crippen molar-refractivity contribution in [1.82, 2.24) is 5.32 Å². The number of amides is 1. The van der Waals surface area contributed by atoms with Gasteiger partial charge in [0, 0.05) is 24.3 Å². The van der Waals surface area contributed by atoms with Crippen LogP contribution < -0.4 is 5.32 Å². The van der Waals surface area contributed by atoms with Crippen molar-refractivity contribution in [2.24, 2.45) is 0 Å². The molecule has 0 aliphatic heterocycles. The van der Waals surface area contributed by atoms with Crippen LogP contribution in [0.2, 0.25) is 0 Å². The quantitative estimate of drug-likeness (QED) is 0.916. The molecule has 0 aromatic carbocycles. The summed E-state index contributed by atoms with van der Waals surface area (Å²) in [5.74, 6) is 0.140. The summed E-state index contributed by atoms with van der Waals surface area (Å²) in [6.07, 6.45) is 0.406. The van der Waals surface area contributed by atoms with Gasteiger partial charge in [-0.2, -0.15) is 0 Å². The van der Waals surface area contributed by atoms with Gasteiger partial charge in [-0.3, -0.25) is 4.79 Å². The molecule has 0 spiro atoms. The number of hydrogen-bond acceptors (Lipinski definition) is 4. The van der Waals surface area contributed by atoms with Crippen LogP contribution in [0, 0.1) is 6.92 Å². The number of carbonyl (C=O) groups is 2. The number of alkyl carbamates (subject to hydrolysis) is 1. The molecular weight excluding hydrogens is 262 g/mol. The Balaban J connectivity index is 0. The van der Waals surface area contributed by atoms with Crippen molar-refractivity contribution in [3.63, 3.8) is 0 Å². The van der Waals surface area contributed by atoms with Crippen LogP contribution in [0.5, 0.6) is 0 Å². The molecule has 0 saturated carbocycles. The van der Waals surface area contributed by atoms with E-state index in [1.54, 1.807) is 18.3 Å². The molecule has 1 rings (SSSR count). The molecule has 1 aromatic heterocycles. The number of ether oxygens (including phenoxy) is 1. The molecular formula is C14H25NO3S. The largest absolute Gasteiger partial charge is 0.453 e. The van der Waals surface area contributed by atoms with Crippen LogP contribution in [-0.2, 0) is 9.53 Å². The molecule has 5 heteroatoms. The van der Waals surface area contributed by atoms with E-state index in [9.17, 15) is 9.59 Å². The lowest BCUT2D eigenvalue weighted by atomic mass is 10.2. The first-order valence-electron chi connectivity index (χ1n) is 6.43. The van der Waals surface area contributed by atoms with Crippen molar-refractivity contribution in [1.29, 1.82) is 0 Å². The SMILES string of the molecule is CC.CCC(=O)CCNC(=O)OC.Cc1cccs1. The molecule has 19 heavy (non-hydrogen) atoms. The smallest absolute Gasteiger partial charge is 0.406 e. The normalized spacial score (nSPS) is 8.26. The molecule has 0 radical (unpaired) electrons. The van der Waals surface area contributed by atoms with Gasteiger partial charge in [0.15, 0.2) is 0 Å². The van der Waals surface area contributed by atoms with Gasteiger partial charge in [-0.1, -0.05) is 26.8 Å². The van der Waals surface area contributed by atoms with Crippen molar-refractivity contribution in [3.05, 3.63) is 22.4 Å². The minimum Gasteiger partial charge on any atom is -0.453 e. The molecule has 0 saturated heterocycles. The summed E-state index contributed by atoms with van der Waals surface area (Å²) in [4.78, 5) is 22.5. The molecule has 0 aliphatic carbocycles. The van der Waals surface area contributed by atoms with Gasteiger partial charge in [-0.25, -0.2) is 4.79 Å². The van der Waals surface area contributed by atoms with E-state index in [0.29, 0.717) is 19.4 Å². The standard InChI is InChI=1S/C7H13NO3.C5H6S.C2H6/c1-3-6(9)4-5-8-7(10)11-2;1-5-3-2-4-6-5;1-2/h3-5H2,1-2H3,(H,8,10);2-4H,1H3;1-2H3. The third-order valence-corrected chi connectivity index (χ3v) is 2.72. The number of Topliss-reactive ketones (excluding diaryl/α,β-unsaturated/α-hetero) is 1. The van der Waals surface area contributed by atoms with E-state index < -0.39 is 6.09 Å². The summed E-state index contributed by atoms with van der Waals surface area (Å²) in [7, 11) is 1.29. The predicted octanol–water partition coefficient (Wildman–Crippen LogP) is 3.79. The number of ketones is 1. The fraction of sp³-hybridized carbons (Fsp3) is 0.571. The van der Waals surface area contributed by atoms with E-state index in [1.165, 1.54) is 12.0 Å². The number of rotatable bonds is 4. The Kier molecular flexibility index (Phi) is 15.4. The fourth-order valence-corrected chi connectivity index (χ4v) is 1.44. The molecule has 0 fully saturated rings. The minimum absolute atomic E-state index is 0.140. The minimum atomic E-state index is -0.492. The molecule has 0 aliphatic rings. The van der Waals surface area contributed by atoms with Crippen molar-refractivity contribution >= 4 is 23.2 Å². The first kappa shape index (κ1) is 20.0. The second kappa shape index (κ2) is 14.7. The van der Waals surface area contributed by atoms with E-state index in [0.717, 1.165) is 0 Å². The second-order valence-corrected chi connectivity index (χ2v) is 4.44. The van der Waals surface area contributed by atoms with Crippen LogP contribution in [0.15, 0.2) is 17.5 Å². The lowest BCUT2D eigenvalue weighted by Crippen LogP contribution is -2.25. The van der Waals surface area contributed by atoms with Crippen LogP contribution in [0.1, 0.15) is 38.5 Å². The maximum Gasteiger partial charge on any atom is 0.406 e. The first-order chi connectivity index (χ1) is 9.10. The monoisotopic (exact) mass is 287 g/mol. The Hall–Kier alpha value is -1.36. The van der Waals surface area contributed by atoms with Crippen LogP contribution in [0.4, 0.5) is 4.79 Å². The lowest BCUT2D eigenvalue weighted by Gasteiger charge is -2.00. The van der Waals surface area contributed by atoms with Crippen LogP contribution in [-0.4, -0.2) is 25.5 Å². The summed E-state index contributed by atoms with van der Waals surface area (Å²) in [5, 5.41) is 4.49. The van der Waals surface area contributed by atoms with Gasteiger partial charge >= 0.3 is 6.09 Å². The van der Waals surface area contributed by atoms with E-state index in [1.807, 2.05) is 13.8 Å². The molecule has 0 unspecified atom stereocenters. The van der Waals surface area contributed by atoms with Crippen LogP contribution in [0.3, 0.4) is 0 Å². The summed E-state index contributed by atoms with van der Waals surface area (Å²) < 4.78 is 4.30. The first-order valence-corrected chi connectivity index (χ1v) is 7.31. The molecule has 0 atom stereocenters. The van der Waals surface area contributed by atoms with E-state index in [-0.39, 0.29) is 5.78 Å². The maximum absolute atomic E-state index is 10.7. The number of thiophene rings is 1. The molecule has 110 valence electrons. The molecule has 1 amide bonds. The van der Waals surface area contributed by atoms with Crippen molar-refractivity contribution < 1.29 is 14.3 Å². The molecule has 1 heterocycles. The Morgan fingerprint density at radius 3 is 2.32 bits per heavy atom. The highest BCUT2D eigenvalue weighted by atomic mass is 32.1. The number of nitrogens with one attached hydrogen (secondary N) is 1. The zero-order chi connectivity index (χ0) is 15.1. The summed E-state index contributed by atoms with van der Waals surface area (Å²) in [6.45, 7) is 8.25. The average Bonchev–Trinajstić information content (AvgIpc) is 2.92. The van der Waals surface area contributed by atoms with Gasteiger partial charge in [0.25, 0.3) is 0 Å². The third kappa shape index (κ3) is 14.6. The predicted molar refractivity (Wildman–Crippen MR) is 80.7 cm³/mol. The van der Waals surface area contributed by atoms with Crippen LogP contribution in [0.25, 0.3) is 0 Å². The highest BCUT2D eigenvalue weighted by molar-refractivity contribution is 7.09. The number of carbonyl (C=O) groups excluding carboxylic acids is 2. The summed E-state index contributed by atoms with van der Waals surface area (Å²) >= 11 is 1.78. The van der Waals surface area contributed by atoms with Gasteiger partial charge in [0.1, 0.15) is 5.78 Å². The Labute approximate surface area is 120 Å². The molecule has 0 bridgehead atoms. The van der Waals surface area contributed by atoms with Crippen molar-refractivity contribution in [3.8, 4) is 0 Å². The van der Waals surface area contributed by atoms with E-state index >= 15 is 0 Å². The highest BCUT2D eigenvalue weighted by Gasteiger charge is 2.00. The average molecular weight is 287 g/mol. The number of aryl methyl sites for hydroxylation is 1. The van der Waals surface area contributed by atoms with E-state index in [2.05, 4.69) is 34.5 Å². The number of methoxy groups -OCH3 is 1. The van der Waals surface area contributed by atoms with Crippen LogP contribution >= 0.6 is 11.3 Å². The fourth-order valence-electron chi connectivity index (χ4n) is 0.914. The Morgan fingerprint density at radius 2 is 2.00 bits per heavy atom. The van der Waals surface area contributed by atoms with Gasteiger partial charge in [-0.05, 0) is 18.4 Å². The zero-order valence-corrected chi connectivity index (χ0v) is 13.3. The maximum atomic E-state index is 10.7. The van der Waals surface area contributed by atoms with Crippen molar-refractivity contribution in [2.45, 2.75) is 40.5 Å².